The van der Waals surface area contributed by atoms with Crippen LogP contribution < -0.4 is 0 Å². The van der Waals surface area contributed by atoms with Gasteiger partial charge in [-0.25, -0.2) is 0 Å². The van der Waals surface area contributed by atoms with Crippen LogP contribution in [0.5, 0.6) is 0 Å². The molecule has 0 spiro atoms. The van der Waals surface area contributed by atoms with Crippen molar-refractivity contribution in [3.05, 3.63) is 0 Å². The molecule has 0 aromatic rings. The van der Waals surface area contributed by atoms with Crippen molar-refractivity contribution >= 4 is 23.2 Å². The lowest BCUT2D eigenvalue weighted by Gasteiger charge is -2.02. The zero-order valence-corrected chi connectivity index (χ0v) is 8.42. The van der Waals surface area contributed by atoms with Crippen LogP contribution in [0.2, 0.25) is 0 Å². The fourth-order valence-corrected chi connectivity index (χ4v) is 3.12. The fraction of sp³-hybridized carbons (Fsp3) is 1.00. The molecule has 0 radical (unpaired) electrons. The molecule has 1 aliphatic rings. The summed E-state index contributed by atoms with van der Waals surface area (Å²) in [6.07, 6.45) is 0. The summed E-state index contributed by atoms with van der Waals surface area (Å²) >= 11 is 12.1. The molecule has 0 aliphatic heterocycles. The van der Waals surface area contributed by atoms with E-state index in [0.29, 0.717) is 11.8 Å². The molecule has 1 unspecified atom stereocenters. The van der Waals surface area contributed by atoms with Crippen LogP contribution in [0, 0.1) is 17.3 Å². The molecule has 0 N–H and O–H groups in total. The van der Waals surface area contributed by atoms with Crippen molar-refractivity contribution < 1.29 is 0 Å². The van der Waals surface area contributed by atoms with Crippen LogP contribution in [0.25, 0.3) is 0 Å². The number of hydrogen-bond acceptors (Lipinski definition) is 0. The summed E-state index contributed by atoms with van der Waals surface area (Å²) in [6.45, 7) is 8.58. The minimum Gasteiger partial charge on any atom is -0.101 e. The van der Waals surface area contributed by atoms with Gasteiger partial charge in [-0.1, -0.05) is 27.7 Å². The molecule has 0 bridgehead atoms. The normalized spacial score (nSPS) is 34.5. The molecule has 0 nitrogen and oxygen atoms in total. The van der Waals surface area contributed by atoms with Gasteiger partial charge in [0, 0.05) is 11.3 Å². The van der Waals surface area contributed by atoms with Crippen LogP contribution in [-0.2, 0) is 0 Å². The van der Waals surface area contributed by atoms with E-state index in [2.05, 4.69) is 27.7 Å². The molecular formula is C8H14Cl2. The summed E-state index contributed by atoms with van der Waals surface area (Å²) in [5.74, 6) is 1.05. The molecule has 0 amide bonds. The van der Waals surface area contributed by atoms with Crippen LogP contribution in [0.3, 0.4) is 0 Å². The Labute approximate surface area is 72.9 Å². The Morgan fingerprint density at radius 3 is 1.50 bits per heavy atom. The molecule has 60 valence electrons. The van der Waals surface area contributed by atoms with Crippen molar-refractivity contribution in [2.24, 2.45) is 17.3 Å². The molecule has 1 aliphatic carbocycles. The van der Waals surface area contributed by atoms with Crippen molar-refractivity contribution in [1.82, 2.24) is 0 Å². The summed E-state index contributed by atoms with van der Waals surface area (Å²) in [7, 11) is 0. The molecule has 0 saturated heterocycles. The first-order chi connectivity index (χ1) is 4.32. The molecule has 1 atom stereocenters. The zero-order valence-electron chi connectivity index (χ0n) is 6.91. The Morgan fingerprint density at radius 1 is 1.20 bits per heavy atom. The highest BCUT2D eigenvalue weighted by molar-refractivity contribution is 6.51. The van der Waals surface area contributed by atoms with E-state index in [9.17, 15) is 0 Å². The van der Waals surface area contributed by atoms with E-state index in [1.807, 2.05) is 0 Å². The van der Waals surface area contributed by atoms with E-state index in [1.54, 1.807) is 0 Å². The minimum atomic E-state index is -0.471. The molecule has 1 fully saturated rings. The smallest absolute Gasteiger partial charge is 0.101 e. The van der Waals surface area contributed by atoms with Gasteiger partial charge in [0.25, 0.3) is 0 Å². The summed E-state index contributed by atoms with van der Waals surface area (Å²) in [6, 6.07) is 0. The Hall–Kier alpha value is 0.580. The SMILES string of the molecule is CC(C)C1C(C)(C)C1(Cl)Cl. The predicted molar refractivity (Wildman–Crippen MR) is 46.5 cm³/mol. The van der Waals surface area contributed by atoms with Crippen molar-refractivity contribution in [2.75, 3.05) is 0 Å². The van der Waals surface area contributed by atoms with Crippen molar-refractivity contribution in [2.45, 2.75) is 32.0 Å². The Bertz CT molecular complexity index is 133. The van der Waals surface area contributed by atoms with E-state index in [4.69, 9.17) is 23.2 Å². The van der Waals surface area contributed by atoms with E-state index < -0.39 is 4.33 Å². The van der Waals surface area contributed by atoms with Crippen molar-refractivity contribution in [3.63, 3.8) is 0 Å². The highest BCUT2D eigenvalue weighted by Crippen LogP contribution is 2.71. The van der Waals surface area contributed by atoms with Crippen LogP contribution in [-0.4, -0.2) is 4.33 Å². The molecule has 1 rings (SSSR count). The highest BCUT2D eigenvalue weighted by atomic mass is 35.5. The molecule has 0 aromatic carbocycles. The van der Waals surface area contributed by atoms with Crippen LogP contribution >= 0.6 is 23.2 Å². The Kier molecular flexibility index (Phi) is 1.77. The number of halogens is 2. The van der Waals surface area contributed by atoms with Crippen LogP contribution in [0.4, 0.5) is 0 Å². The average molecular weight is 181 g/mol. The highest BCUT2D eigenvalue weighted by Gasteiger charge is 2.70. The summed E-state index contributed by atoms with van der Waals surface area (Å²) in [5.41, 5.74) is 0.115. The van der Waals surface area contributed by atoms with Gasteiger partial charge in [-0.05, 0) is 5.92 Å². The molecule has 1 saturated carbocycles. The largest absolute Gasteiger partial charge is 0.127 e. The van der Waals surface area contributed by atoms with E-state index in [1.165, 1.54) is 0 Å². The minimum absolute atomic E-state index is 0.115. The first-order valence-electron chi connectivity index (χ1n) is 3.69. The topological polar surface area (TPSA) is 0 Å². The van der Waals surface area contributed by atoms with Gasteiger partial charge in [0.05, 0.1) is 0 Å². The maximum Gasteiger partial charge on any atom is 0.127 e. The Balaban J connectivity index is 2.72. The van der Waals surface area contributed by atoms with Gasteiger partial charge in [-0.3, -0.25) is 0 Å². The van der Waals surface area contributed by atoms with Crippen molar-refractivity contribution in [1.29, 1.82) is 0 Å². The second-order valence-electron chi connectivity index (χ2n) is 4.07. The lowest BCUT2D eigenvalue weighted by molar-refractivity contribution is 0.451. The first kappa shape index (κ1) is 8.67. The maximum absolute atomic E-state index is 6.06. The second kappa shape index (κ2) is 2.04. The van der Waals surface area contributed by atoms with Gasteiger partial charge < -0.3 is 0 Å². The first-order valence-corrected chi connectivity index (χ1v) is 4.45. The van der Waals surface area contributed by atoms with Gasteiger partial charge in [0.1, 0.15) is 4.33 Å². The van der Waals surface area contributed by atoms with E-state index >= 15 is 0 Å². The average Bonchev–Trinajstić information content (AvgIpc) is 1.97. The number of alkyl halides is 2. The van der Waals surface area contributed by atoms with Crippen LogP contribution in [0.1, 0.15) is 27.7 Å². The van der Waals surface area contributed by atoms with Crippen LogP contribution in [0.15, 0.2) is 0 Å². The molecule has 2 heteroatoms. The summed E-state index contributed by atoms with van der Waals surface area (Å²) in [5, 5.41) is 0. The van der Waals surface area contributed by atoms with Gasteiger partial charge in [-0.2, -0.15) is 0 Å². The van der Waals surface area contributed by atoms with Gasteiger partial charge in [0.15, 0.2) is 0 Å². The maximum atomic E-state index is 6.06. The lowest BCUT2D eigenvalue weighted by Crippen LogP contribution is -1.97. The number of hydrogen-bond donors (Lipinski definition) is 0. The van der Waals surface area contributed by atoms with Gasteiger partial charge in [0.2, 0.25) is 0 Å². The number of rotatable bonds is 1. The fourth-order valence-electron chi connectivity index (χ4n) is 1.95. The third-order valence-electron chi connectivity index (χ3n) is 2.61. The predicted octanol–water partition coefficient (Wildman–Crippen LogP) is 3.47. The van der Waals surface area contributed by atoms with Gasteiger partial charge >= 0.3 is 0 Å². The zero-order chi connectivity index (χ0) is 8.15. The molecular weight excluding hydrogens is 167 g/mol. The van der Waals surface area contributed by atoms with E-state index in [-0.39, 0.29) is 5.41 Å². The third-order valence-corrected chi connectivity index (χ3v) is 4.05. The molecule has 0 heterocycles. The van der Waals surface area contributed by atoms with Crippen molar-refractivity contribution in [3.8, 4) is 0 Å². The van der Waals surface area contributed by atoms with E-state index in [0.717, 1.165) is 0 Å². The summed E-state index contributed by atoms with van der Waals surface area (Å²) < 4.78 is -0.471. The monoisotopic (exact) mass is 180 g/mol. The van der Waals surface area contributed by atoms with Gasteiger partial charge in [-0.15, -0.1) is 23.2 Å². The molecule has 10 heavy (non-hydrogen) atoms. The lowest BCUT2D eigenvalue weighted by atomic mass is 10.0. The second-order valence-corrected chi connectivity index (χ2v) is 5.45. The summed E-state index contributed by atoms with van der Waals surface area (Å²) in [4.78, 5) is 0. The standard InChI is InChI=1S/C8H14Cl2/c1-5(2)6-7(3,4)8(6,9)10/h5-6H,1-4H3. The molecule has 0 aromatic heterocycles. The Morgan fingerprint density at radius 2 is 1.50 bits per heavy atom. The third kappa shape index (κ3) is 0.887. The quantitative estimate of drug-likeness (QED) is 0.543.